The van der Waals surface area contributed by atoms with E-state index >= 15 is 0 Å². The van der Waals surface area contributed by atoms with Crippen LogP contribution in [0.5, 0.6) is 5.75 Å². The lowest BCUT2D eigenvalue weighted by molar-refractivity contribution is -0.115. The van der Waals surface area contributed by atoms with E-state index in [-0.39, 0.29) is 24.0 Å². The van der Waals surface area contributed by atoms with Gasteiger partial charge in [0.1, 0.15) is 17.3 Å². The fourth-order valence-electron chi connectivity index (χ4n) is 2.46. The number of benzene rings is 2. The minimum atomic E-state index is -0.384. The first-order valence-electron chi connectivity index (χ1n) is 7.82. The molecule has 0 radical (unpaired) electrons. The fraction of sp³-hybridized carbons (Fsp3) is 0.158. The quantitative estimate of drug-likeness (QED) is 0.707. The van der Waals surface area contributed by atoms with Crippen LogP contribution < -0.4 is 10.1 Å². The largest absolute Gasteiger partial charge is 0.495 e. The Balaban J connectivity index is 1.77. The maximum atomic E-state index is 13.4. The molecule has 0 unspecified atom stereocenters. The molecular weight excluding hydrogens is 359 g/mol. The third-order valence-electron chi connectivity index (χ3n) is 3.73. The summed E-state index contributed by atoms with van der Waals surface area (Å²) in [6.45, 7) is 1.71. The number of rotatable bonds is 5. The molecule has 0 aliphatic rings. The zero-order chi connectivity index (χ0) is 18.7. The predicted octanol–water partition coefficient (Wildman–Crippen LogP) is 4.63. The Morgan fingerprint density at radius 2 is 2.12 bits per heavy atom. The number of nitrogens with one attached hydrogen (secondary N) is 1. The average Bonchev–Trinajstić information content (AvgIpc) is 2.96. The molecule has 26 heavy (non-hydrogen) atoms. The molecule has 7 heteroatoms. The Labute approximate surface area is 154 Å². The Hall–Kier alpha value is -2.86. The number of nitrogens with zero attached hydrogens (tertiary/aromatic N) is 1. The zero-order valence-electron chi connectivity index (χ0n) is 14.2. The van der Waals surface area contributed by atoms with E-state index in [2.05, 4.69) is 10.3 Å². The van der Waals surface area contributed by atoms with Gasteiger partial charge in [-0.2, -0.15) is 0 Å². The number of halogens is 2. The number of methoxy groups -OCH3 is 1. The van der Waals surface area contributed by atoms with Crippen molar-refractivity contribution in [1.29, 1.82) is 0 Å². The summed E-state index contributed by atoms with van der Waals surface area (Å²) in [5.41, 5.74) is 1.45. The van der Waals surface area contributed by atoms with Crippen LogP contribution in [0.2, 0.25) is 5.02 Å². The lowest BCUT2D eigenvalue weighted by Gasteiger charge is -2.10. The van der Waals surface area contributed by atoms with Crippen molar-refractivity contribution in [2.75, 3.05) is 12.4 Å². The molecule has 0 aliphatic carbocycles. The van der Waals surface area contributed by atoms with Gasteiger partial charge in [-0.3, -0.25) is 4.79 Å². The molecular formula is C19H16ClFN2O3. The van der Waals surface area contributed by atoms with E-state index in [0.29, 0.717) is 33.5 Å². The summed E-state index contributed by atoms with van der Waals surface area (Å²) in [7, 11) is 1.51. The van der Waals surface area contributed by atoms with Gasteiger partial charge in [0.15, 0.2) is 0 Å². The maximum Gasteiger partial charge on any atom is 0.230 e. The molecule has 1 aromatic heterocycles. The fourth-order valence-corrected chi connectivity index (χ4v) is 2.63. The number of anilines is 1. The van der Waals surface area contributed by atoms with E-state index in [1.165, 1.54) is 19.2 Å². The third kappa shape index (κ3) is 4.03. The van der Waals surface area contributed by atoms with Gasteiger partial charge in [0.2, 0.25) is 11.8 Å². The first-order chi connectivity index (χ1) is 12.5. The van der Waals surface area contributed by atoms with Crippen LogP contribution in [-0.4, -0.2) is 18.0 Å². The van der Waals surface area contributed by atoms with Gasteiger partial charge in [-0.15, -0.1) is 0 Å². The second-order valence-electron chi connectivity index (χ2n) is 5.60. The van der Waals surface area contributed by atoms with Crippen LogP contribution in [-0.2, 0) is 11.2 Å². The Morgan fingerprint density at radius 3 is 2.85 bits per heavy atom. The Morgan fingerprint density at radius 1 is 1.31 bits per heavy atom. The summed E-state index contributed by atoms with van der Waals surface area (Å²) in [5, 5.41) is 3.22. The maximum absolute atomic E-state index is 13.4. The first-order valence-corrected chi connectivity index (χ1v) is 8.19. The van der Waals surface area contributed by atoms with Crippen LogP contribution >= 0.6 is 11.6 Å². The van der Waals surface area contributed by atoms with Crippen molar-refractivity contribution in [2.45, 2.75) is 13.3 Å². The summed E-state index contributed by atoms with van der Waals surface area (Å²) >= 11 is 5.96. The molecule has 2 aromatic carbocycles. The molecule has 0 spiro atoms. The van der Waals surface area contributed by atoms with E-state index in [9.17, 15) is 9.18 Å². The SMILES string of the molecule is COc1ccc(Cl)cc1NC(=O)Cc1nc(-c2cccc(F)c2)oc1C. The number of oxazole rings is 1. The third-order valence-corrected chi connectivity index (χ3v) is 3.96. The molecule has 0 fully saturated rings. The van der Waals surface area contributed by atoms with E-state index in [4.69, 9.17) is 20.8 Å². The van der Waals surface area contributed by atoms with Crippen LogP contribution in [0.15, 0.2) is 46.9 Å². The van der Waals surface area contributed by atoms with Gasteiger partial charge < -0.3 is 14.5 Å². The Kier molecular flexibility index (Phi) is 5.23. The number of hydrogen-bond donors (Lipinski definition) is 1. The number of carbonyl (C=O) groups excluding carboxylic acids is 1. The van der Waals surface area contributed by atoms with Crippen molar-refractivity contribution < 1.29 is 18.3 Å². The summed E-state index contributed by atoms with van der Waals surface area (Å²) in [6, 6.07) is 10.9. The van der Waals surface area contributed by atoms with Crippen molar-refractivity contribution in [3.63, 3.8) is 0 Å². The molecule has 3 rings (SSSR count). The number of hydrogen-bond acceptors (Lipinski definition) is 4. The second-order valence-corrected chi connectivity index (χ2v) is 6.04. The van der Waals surface area contributed by atoms with Crippen molar-refractivity contribution in [2.24, 2.45) is 0 Å². The van der Waals surface area contributed by atoms with Crippen molar-refractivity contribution >= 4 is 23.2 Å². The minimum absolute atomic E-state index is 0.000314. The summed E-state index contributed by atoms with van der Waals surface area (Å²) < 4.78 is 24.1. The molecule has 1 N–H and O–H groups in total. The molecule has 0 saturated heterocycles. The molecule has 1 heterocycles. The highest BCUT2D eigenvalue weighted by molar-refractivity contribution is 6.31. The van der Waals surface area contributed by atoms with E-state index in [1.807, 2.05) is 0 Å². The van der Waals surface area contributed by atoms with Gasteiger partial charge >= 0.3 is 0 Å². The summed E-state index contributed by atoms with van der Waals surface area (Å²) in [6.07, 6.45) is 0.000314. The van der Waals surface area contributed by atoms with Crippen LogP contribution in [0, 0.1) is 12.7 Å². The Bertz CT molecular complexity index is 956. The summed E-state index contributed by atoms with van der Waals surface area (Å²) in [5.74, 6) is 0.584. The lowest BCUT2D eigenvalue weighted by Crippen LogP contribution is -2.15. The molecule has 0 atom stereocenters. The van der Waals surface area contributed by atoms with Gasteiger partial charge in [-0.25, -0.2) is 9.37 Å². The topological polar surface area (TPSA) is 64.4 Å². The molecule has 0 aliphatic heterocycles. The van der Waals surface area contributed by atoms with Gasteiger partial charge in [0, 0.05) is 10.6 Å². The van der Waals surface area contributed by atoms with E-state index < -0.39 is 0 Å². The average molecular weight is 375 g/mol. The number of aryl methyl sites for hydroxylation is 1. The molecule has 1 amide bonds. The smallest absolute Gasteiger partial charge is 0.230 e. The van der Waals surface area contributed by atoms with Gasteiger partial charge in [0.05, 0.1) is 24.9 Å². The van der Waals surface area contributed by atoms with Crippen LogP contribution in [0.25, 0.3) is 11.5 Å². The number of ether oxygens (including phenoxy) is 1. The second kappa shape index (κ2) is 7.58. The van der Waals surface area contributed by atoms with Gasteiger partial charge in [-0.05, 0) is 43.3 Å². The zero-order valence-corrected chi connectivity index (χ0v) is 14.9. The standard InChI is InChI=1S/C19H16ClFN2O3/c1-11-15(23-19(26-11)12-4-3-5-14(21)8-12)10-18(24)22-16-9-13(20)6-7-17(16)25-2/h3-9H,10H2,1-2H3,(H,22,24). The molecule has 0 bridgehead atoms. The van der Waals surface area contributed by atoms with Crippen molar-refractivity contribution in [1.82, 2.24) is 4.98 Å². The van der Waals surface area contributed by atoms with E-state index in [0.717, 1.165) is 0 Å². The molecule has 3 aromatic rings. The lowest BCUT2D eigenvalue weighted by atomic mass is 10.2. The predicted molar refractivity (Wildman–Crippen MR) is 97.0 cm³/mol. The number of carbonyl (C=O) groups is 1. The van der Waals surface area contributed by atoms with Crippen LogP contribution in [0.4, 0.5) is 10.1 Å². The van der Waals surface area contributed by atoms with Crippen LogP contribution in [0.1, 0.15) is 11.5 Å². The molecule has 5 nitrogen and oxygen atoms in total. The van der Waals surface area contributed by atoms with Gasteiger partial charge in [-0.1, -0.05) is 17.7 Å². The molecule has 0 saturated carbocycles. The highest BCUT2D eigenvalue weighted by Crippen LogP contribution is 2.28. The minimum Gasteiger partial charge on any atom is -0.495 e. The van der Waals surface area contributed by atoms with Crippen LogP contribution in [0.3, 0.4) is 0 Å². The molecule has 134 valence electrons. The van der Waals surface area contributed by atoms with Crippen molar-refractivity contribution in [3.05, 3.63) is 64.8 Å². The normalized spacial score (nSPS) is 10.6. The van der Waals surface area contributed by atoms with Crippen molar-refractivity contribution in [3.8, 4) is 17.2 Å². The monoisotopic (exact) mass is 374 g/mol. The van der Waals surface area contributed by atoms with E-state index in [1.54, 1.807) is 37.3 Å². The highest BCUT2D eigenvalue weighted by Gasteiger charge is 2.16. The first kappa shape index (κ1) is 17.9. The number of amides is 1. The highest BCUT2D eigenvalue weighted by atomic mass is 35.5. The number of aromatic nitrogens is 1. The van der Waals surface area contributed by atoms with Gasteiger partial charge in [0.25, 0.3) is 0 Å². The summed E-state index contributed by atoms with van der Waals surface area (Å²) in [4.78, 5) is 16.7.